The van der Waals surface area contributed by atoms with Crippen molar-refractivity contribution in [1.29, 1.82) is 0 Å². The quantitative estimate of drug-likeness (QED) is 0.0224. The first-order valence-electron chi connectivity index (χ1n) is 27.3. The van der Waals surface area contributed by atoms with Gasteiger partial charge in [0.15, 0.2) is 23.1 Å². The van der Waals surface area contributed by atoms with Gasteiger partial charge in [-0.05, 0) is 134 Å². The van der Waals surface area contributed by atoms with Crippen LogP contribution in [0.15, 0.2) is 127 Å². The van der Waals surface area contributed by atoms with E-state index < -0.39 is 41.3 Å². The van der Waals surface area contributed by atoms with Gasteiger partial charge in [0.2, 0.25) is 0 Å². The molecule has 0 unspecified atom stereocenters. The summed E-state index contributed by atoms with van der Waals surface area (Å²) in [6.45, 7) is 5.20. The van der Waals surface area contributed by atoms with Crippen LogP contribution in [0.25, 0.3) is 11.1 Å². The minimum atomic E-state index is -0.795. The van der Waals surface area contributed by atoms with E-state index in [9.17, 15) is 28.0 Å². The number of carbonyl (C=O) groups is 4. The van der Waals surface area contributed by atoms with Crippen LogP contribution in [0.4, 0.5) is 13.2 Å². The van der Waals surface area contributed by atoms with Crippen LogP contribution in [-0.2, 0) is 0 Å². The zero-order valence-corrected chi connectivity index (χ0v) is 44.4. The first kappa shape index (κ1) is 58.8. The highest BCUT2D eigenvalue weighted by atomic mass is 19.1. The number of esters is 4. The number of benzene rings is 6. The minimum Gasteiger partial charge on any atom is -0.491 e. The summed E-state index contributed by atoms with van der Waals surface area (Å²) in [5.74, 6) is -4.40. The Balaban J connectivity index is 0.907. The van der Waals surface area contributed by atoms with Gasteiger partial charge in [-0.1, -0.05) is 142 Å². The number of carbonyl (C=O) groups excluding carboxylic acids is 4. The van der Waals surface area contributed by atoms with Gasteiger partial charge < -0.3 is 28.4 Å². The second-order valence-corrected chi connectivity index (χ2v) is 19.1. The minimum absolute atomic E-state index is 0.00267. The Morgan fingerprint density at radius 3 is 1.01 bits per heavy atom. The van der Waals surface area contributed by atoms with Crippen LogP contribution in [-0.4, -0.2) is 37.1 Å². The predicted octanol–water partition coefficient (Wildman–Crippen LogP) is 17.2. The molecule has 0 amide bonds. The van der Waals surface area contributed by atoms with E-state index in [1.165, 1.54) is 199 Å². The fourth-order valence-corrected chi connectivity index (χ4v) is 8.51. The van der Waals surface area contributed by atoms with Gasteiger partial charge >= 0.3 is 23.9 Å². The average molecular weight is 1060 g/mol. The van der Waals surface area contributed by atoms with E-state index in [-0.39, 0.29) is 62.3 Å². The molecular formula is C64H71F3O10. The first-order chi connectivity index (χ1) is 37.5. The van der Waals surface area contributed by atoms with Gasteiger partial charge in [-0.15, -0.1) is 0 Å². The molecule has 0 atom stereocenters. The second kappa shape index (κ2) is 32.2. The number of hydrogen-bond donors (Lipinski definition) is 0. The molecule has 0 aliphatic heterocycles. The largest absolute Gasteiger partial charge is 0.491 e. The van der Waals surface area contributed by atoms with Gasteiger partial charge in [0, 0.05) is 5.56 Å². The van der Waals surface area contributed by atoms with E-state index in [1.807, 2.05) is 0 Å². The summed E-state index contributed by atoms with van der Waals surface area (Å²) in [4.78, 5) is 51.8. The predicted molar refractivity (Wildman–Crippen MR) is 292 cm³/mol. The van der Waals surface area contributed by atoms with E-state index in [1.54, 1.807) is 0 Å². The number of halogens is 3. The molecule has 0 radical (unpaired) electrons. The lowest BCUT2D eigenvalue weighted by Gasteiger charge is -2.10. The SMILES string of the molecule is CCCCCCCCCCCCOc1ccc(C(=O)Oc2ccc(C(=O)Oc3ccc(-c4cc(OC(=O)c5ccc(OC(=O)c6ccc(OCCCCCCCCCCCC)c(F)c6)cc5)ccc4F)cc3)cc2)cc1F. The van der Waals surface area contributed by atoms with E-state index in [2.05, 4.69) is 13.8 Å². The Labute approximate surface area is 451 Å². The molecule has 77 heavy (non-hydrogen) atoms. The van der Waals surface area contributed by atoms with E-state index in [4.69, 9.17) is 28.4 Å². The lowest BCUT2D eigenvalue weighted by Crippen LogP contribution is -2.11. The van der Waals surface area contributed by atoms with Crippen molar-refractivity contribution in [3.63, 3.8) is 0 Å². The topological polar surface area (TPSA) is 124 Å². The highest BCUT2D eigenvalue weighted by molar-refractivity contribution is 5.94. The van der Waals surface area contributed by atoms with E-state index in [0.717, 1.165) is 56.7 Å². The van der Waals surface area contributed by atoms with Gasteiger partial charge in [-0.3, -0.25) is 0 Å². The Morgan fingerprint density at radius 1 is 0.325 bits per heavy atom. The third-order valence-corrected chi connectivity index (χ3v) is 13.0. The molecule has 6 rings (SSSR count). The molecule has 0 spiro atoms. The fourth-order valence-electron chi connectivity index (χ4n) is 8.51. The maximum absolute atomic E-state index is 15.1. The average Bonchev–Trinajstić information content (AvgIpc) is 3.43. The van der Waals surface area contributed by atoms with Crippen molar-refractivity contribution in [1.82, 2.24) is 0 Å². The maximum atomic E-state index is 15.1. The lowest BCUT2D eigenvalue weighted by molar-refractivity contribution is 0.0719. The molecule has 0 saturated carbocycles. The third-order valence-electron chi connectivity index (χ3n) is 13.0. The Morgan fingerprint density at radius 2 is 0.636 bits per heavy atom. The molecule has 0 N–H and O–H groups in total. The molecule has 0 aromatic heterocycles. The molecule has 10 nitrogen and oxygen atoms in total. The summed E-state index contributed by atoms with van der Waals surface area (Å²) in [6.07, 6.45) is 23.6. The van der Waals surface area contributed by atoms with E-state index >= 15 is 4.39 Å². The zero-order chi connectivity index (χ0) is 54.6. The molecule has 6 aromatic carbocycles. The van der Waals surface area contributed by atoms with Gasteiger partial charge in [0.05, 0.1) is 35.5 Å². The lowest BCUT2D eigenvalue weighted by atomic mass is 10.0. The van der Waals surface area contributed by atoms with Gasteiger partial charge in [-0.2, -0.15) is 0 Å². The molecule has 0 heterocycles. The Bertz CT molecular complexity index is 2790. The molecular weight excluding hydrogens is 986 g/mol. The third kappa shape index (κ3) is 19.9. The van der Waals surface area contributed by atoms with Crippen LogP contribution in [0.2, 0.25) is 0 Å². The number of hydrogen-bond acceptors (Lipinski definition) is 10. The van der Waals surface area contributed by atoms with Crippen LogP contribution < -0.4 is 28.4 Å². The zero-order valence-electron chi connectivity index (χ0n) is 44.4. The number of ether oxygens (including phenoxy) is 6. The second-order valence-electron chi connectivity index (χ2n) is 19.1. The summed E-state index contributed by atoms with van der Waals surface area (Å²) in [7, 11) is 0. The van der Waals surface area contributed by atoms with Crippen LogP contribution in [0, 0.1) is 17.5 Å². The van der Waals surface area contributed by atoms with Crippen molar-refractivity contribution < 1.29 is 60.8 Å². The van der Waals surface area contributed by atoms with Crippen molar-refractivity contribution >= 4 is 23.9 Å². The molecule has 0 aliphatic carbocycles. The molecule has 13 heteroatoms. The molecule has 0 aliphatic rings. The van der Waals surface area contributed by atoms with Crippen molar-refractivity contribution in [3.8, 4) is 45.6 Å². The molecule has 0 saturated heterocycles. The molecule has 0 bridgehead atoms. The summed E-state index contributed by atoms with van der Waals surface area (Å²) in [5.41, 5.74) is 0.761. The maximum Gasteiger partial charge on any atom is 0.343 e. The Kier molecular flexibility index (Phi) is 24.6. The molecule has 6 aromatic rings. The van der Waals surface area contributed by atoms with Crippen molar-refractivity contribution in [2.45, 2.75) is 142 Å². The fraction of sp³-hybridized carbons (Fsp3) is 0.375. The smallest absolute Gasteiger partial charge is 0.343 e. The summed E-state index contributed by atoms with van der Waals surface area (Å²) < 4.78 is 77.9. The van der Waals surface area contributed by atoms with Gasteiger partial charge in [0.1, 0.15) is 28.8 Å². The van der Waals surface area contributed by atoms with Crippen molar-refractivity contribution in [3.05, 3.63) is 167 Å². The normalized spacial score (nSPS) is 11.0. The van der Waals surface area contributed by atoms with E-state index in [0.29, 0.717) is 18.8 Å². The van der Waals surface area contributed by atoms with Crippen LogP contribution >= 0.6 is 0 Å². The van der Waals surface area contributed by atoms with Crippen LogP contribution in [0.3, 0.4) is 0 Å². The van der Waals surface area contributed by atoms with Crippen molar-refractivity contribution in [2.24, 2.45) is 0 Å². The first-order valence-corrected chi connectivity index (χ1v) is 27.3. The molecule has 0 fully saturated rings. The number of rotatable bonds is 33. The monoisotopic (exact) mass is 1060 g/mol. The summed E-state index contributed by atoms with van der Waals surface area (Å²) in [5, 5.41) is 0. The molecule has 408 valence electrons. The highest BCUT2D eigenvalue weighted by Crippen LogP contribution is 2.30. The summed E-state index contributed by atoms with van der Waals surface area (Å²) in [6, 6.07) is 28.9. The van der Waals surface area contributed by atoms with Crippen LogP contribution in [0.1, 0.15) is 184 Å². The highest BCUT2D eigenvalue weighted by Gasteiger charge is 2.18. The number of unbranched alkanes of at least 4 members (excludes halogenated alkanes) is 18. The standard InChI is InChI=1S/C64H71F3O10/c1-3-5-7-9-11-13-15-17-19-21-41-72-59-39-29-49(43-57(59)66)63(70)75-52-33-25-47(26-34-52)61(68)74-51-31-23-46(24-32-51)55-45-54(37-38-56(55)65)77-62(69)48-27-35-53(36-28-48)76-64(71)50-30-40-60(58(67)44-50)73-42-22-20-18-16-14-12-10-8-6-4-2/h23-40,43-45H,3-22,41-42H2,1-2H3. The summed E-state index contributed by atoms with van der Waals surface area (Å²) >= 11 is 0. The van der Waals surface area contributed by atoms with Gasteiger partial charge in [0.25, 0.3) is 0 Å². The van der Waals surface area contributed by atoms with Crippen molar-refractivity contribution in [2.75, 3.05) is 13.2 Å². The van der Waals surface area contributed by atoms with Crippen LogP contribution in [0.5, 0.6) is 34.5 Å². The Hall–Kier alpha value is -7.41. The van der Waals surface area contributed by atoms with Gasteiger partial charge in [-0.25, -0.2) is 32.3 Å².